The van der Waals surface area contributed by atoms with E-state index in [2.05, 4.69) is 9.97 Å². The molecule has 48 heavy (non-hydrogen) atoms. The molecule has 3 aromatic carbocycles. The van der Waals surface area contributed by atoms with Gasteiger partial charge in [-0.2, -0.15) is 5.26 Å². The van der Waals surface area contributed by atoms with E-state index in [0.29, 0.717) is 45.7 Å². The van der Waals surface area contributed by atoms with E-state index < -0.39 is 5.56 Å². The van der Waals surface area contributed by atoms with E-state index in [9.17, 15) is 14.4 Å². The van der Waals surface area contributed by atoms with Crippen molar-refractivity contribution in [3.63, 3.8) is 0 Å². The minimum atomic E-state index is -0.428. The van der Waals surface area contributed by atoms with Crippen LogP contribution in [-0.2, 0) is 13.2 Å². The molecule has 236 valence electrons. The van der Waals surface area contributed by atoms with Gasteiger partial charge in [0.1, 0.15) is 36.4 Å². The van der Waals surface area contributed by atoms with Gasteiger partial charge in [-0.15, -0.1) is 0 Å². The fourth-order valence-electron chi connectivity index (χ4n) is 5.30. The summed E-state index contributed by atoms with van der Waals surface area (Å²) in [7, 11) is 0. The van der Waals surface area contributed by atoms with Gasteiger partial charge in [0.2, 0.25) is 0 Å². The predicted octanol–water partition coefficient (Wildman–Crippen LogP) is 7.69. The lowest BCUT2D eigenvalue weighted by atomic mass is 9.92. The van der Waals surface area contributed by atoms with Crippen LogP contribution in [0.25, 0.3) is 27.9 Å². The predicted molar refractivity (Wildman–Crippen MR) is 182 cm³/mol. The Morgan fingerprint density at radius 2 is 1.60 bits per heavy atom. The number of fused-ring (bicyclic) bond motifs is 1. The van der Waals surface area contributed by atoms with Crippen LogP contribution in [0.3, 0.4) is 0 Å². The van der Waals surface area contributed by atoms with Crippen molar-refractivity contribution in [2.75, 3.05) is 0 Å². The number of nitrogens with zero attached hydrogens (tertiary/aromatic N) is 4. The highest BCUT2D eigenvalue weighted by atomic mass is 35.5. The van der Waals surface area contributed by atoms with Crippen molar-refractivity contribution in [1.82, 2.24) is 14.4 Å². The molecule has 6 aromatic rings. The number of ether oxygens (including phenoxy) is 2. The second-order valence-electron chi connectivity index (χ2n) is 10.7. The summed E-state index contributed by atoms with van der Waals surface area (Å²) in [5.41, 5.74) is 6.40. The first-order valence-corrected chi connectivity index (χ1v) is 15.3. The van der Waals surface area contributed by atoms with Crippen LogP contribution in [0, 0.1) is 18.3 Å². The smallest absolute Gasteiger partial charge is 0.268 e. The van der Waals surface area contributed by atoms with Crippen molar-refractivity contribution in [3.8, 4) is 39.8 Å². The summed E-state index contributed by atoms with van der Waals surface area (Å²) in [5, 5.41) is 9.86. The second-order valence-corrected chi connectivity index (χ2v) is 11.5. The summed E-state index contributed by atoms with van der Waals surface area (Å²) >= 11 is 13.4. The van der Waals surface area contributed by atoms with Gasteiger partial charge in [-0.3, -0.25) is 23.8 Å². The molecule has 0 atom stereocenters. The van der Waals surface area contributed by atoms with Crippen molar-refractivity contribution in [2.24, 2.45) is 0 Å². The van der Waals surface area contributed by atoms with E-state index in [0.717, 1.165) is 27.8 Å². The van der Waals surface area contributed by atoms with Gasteiger partial charge in [0.05, 0.1) is 26.7 Å². The van der Waals surface area contributed by atoms with Gasteiger partial charge in [-0.1, -0.05) is 59.6 Å². The molecule has 0 unspecified atom stereocenters. The Balaban J connectivity index is 1.26. The number of hydrogen-bond acceptors (Lipinski definition) is 8. The minimum absolute atomic E-state index is 0.0114. The molecule has 3 aromatic heterocycles. The first-order chi connectivity index (χ1) is 23.3. The third-order valence-corrected chi connectivity index (χ3v) is 8.51. The normalized spacial score (nSPS) is 10.8. The molecule has 0 bridgehead atoms. The number of halogens is 2. The maximum absolute atomic E-state index is 12.5. The van der Waals surface area contributed by atoms with Crippen LogP contribution >= 0.6 is 23.2 Å². The van der Waals surface area contributed by atoms with Gasteiger partial charge in [0.15, 0.2) is 12.6 Å². The maximum Gasteiger partial charge on any atom is 0.268 e. The Hall–Kier alpha value is -5.82. The molecular weight excluding hydrogens is 651 g/mol. The molecule has 6 rings (SSSR count). The van der Waals surface area contributed by atoms with E-state index in [1.54, 1.807) is 36.7 Å². The lowest BCUT2D eigenvalue weighted by Gasteiger charge is -2.17. The van der Waals surface area contributed by atoms with Crippen molar-refractivity contribution in [3.05, 3.63) is 145 Å². The first kappa shape index (κ1) is 32.1. The fourth-order valence-corrected chi connectivity index (χ4v) is 5.81. The van der Waals surface area contributed by atoms with Crippen molar-refractivity contribution in [1.29, 1.82) is 5.26 Å². The number of aromatic nitrogens is 3. The molecule has 3 heterocycles. The number of hydrogen-bond donors (Lipinski definition) is 0. The van der Waals surface area contributed by atoms with Crippen LogP contribution in [0.5, 0.6) is 11.5 Å². The number of pyridine rings is 2. The van der Waals surface area contributed by atoms with E-state index in [1.165, 1.54) is 22.9 Å². The zero-order chi connectivity index (χ0) is 33.8. The average Bonchev–Trinajstić information content (AvgIpc) is 3.11. The molecule has 0 radical (unpaired) electrons. The van der Waals surface area contributed by atoms with Crippen LogP contribution in [-0.4, -0.2) is 26.9 Å². The molecule has 0 spiro atoms. The lowest BCUT2D eigenvalue weighted by Crippen LogP contribution is -2.18. The van der Waals surface area contributed by atoms with Gasteiger partial charge in [0, 0.05) is 47.5 Å². The average molecular weight is 676 g/mol. The summed E-state index contributed by atoms with van der Waals surface area (Å²) in [5.74, 6) is 0.557. The quantitative estimate of drug-likeness (QED) is 0.135. The van der Waals surface area contributed by atoms with Crippen LogP contribution < -0.4 is 15.0 Å². The molecule has 9 nitrogen and oxygen atoms in total. The number of rotatable bonds is 10. The van der Waals surface area contributed by atoms with Gasteiger partial charge in [0.25, 0.3) is 5.56 Å². The van der Waals surface area contributed by atoms with Gasteiger partial charge in [-0.25, -0.2) is 4.98 Å². The number of nitriles is 1. The highest BCUT2D eigenvalue weighted by Crippen LogP contribution is 2.38. The van der Waals surface area contributed by atoms with Crippen molar-refractivity contribution < 1.29 is 19.1 Å². The number of aldehydes is 2. The molecule has 11 heteroatoms. The zero-order valence-corrected chi connectivity index (χ0v) is 26.8. The zero-order valence-electron chi connectivity index (χ0n) is 25.3. The Kier molecular flexibility index (Phi) is 9.30. The van der Waals surface area contributed by atoms with Crippen LogP contribution in [0.2, 0.25) is 10.0 Å². The summed E-state index contributed by atoms with van der Waals surface area (Å²) in [6, 6.07) is 21.9. The van der Waals surface area contributed by atoms with E-state index >= 15 is 0 Å². The van der Waals surface area contributed by atoms with Crippen LogP contribution in [0.1, 0.15) is 43.0 Å². The summed E-state index contributed by atoms with van der Waals surface area (Å²) in [6.07, 6.45) is 7.05. The largest absolute Gasteiger partial charge is 0.488 e. The molecule has 0 saturated carbocycles. The van der Waals surface area contributed by atoms with Gasteiger partial charge in [-0.05, 0) is 53.4 Å². The fraction of sp³-hybridized carbons (Fsp3) is 0.0811. The highest BCUT2D eigenvalue weighted by Gasteiger charge is 2.16. The molecular formula is C37H24Cl2N4O5. The van der Waals surface area contributed by atoms with Crippen LogP contribution in [0.4, 0.5) is 0 Å². The summed E-state index contributed by atoms with van der Waals surface area (Å²) < 4.78 is 13.3. The van der Waals surface area contributed by atoms with E-state index in [4.69, 9.17) is 37.9 Å². The lowest BCUT2D eigenvalue weighted by molar-refractivity contribution is 0.111. The Morgan fingerprint density at radius 3 is 2.40 bits per heavy atom. The number of carbonyl (C=O) groups excluding carboxylic acids is 2. The highest BCUT2D eigenvalue weighted by molar-refractivity contribution is 6.34. The molecule has 0 aliphatic rings. The molecule has 0 aliphatic carbocycles. The number of benzene rings is 3. The summed E-state index contributed by atoms with van der Waals surface area (Å²) in [6.45, 7) is 2.14. The second kappa shape index (κ2) is 13.9. The SMILES string of the molecule is Cc1c(-c2ccn3c(=O)c(C=O)cnc3c2)cccc1-c1cccc(COc2cc(OCc3cncc(C#N)c3)c(C=O)cc2Cl)c1Cl. The first-order valence-electron chi connectivity index (χ1n) is 14.5. The van der Waals surface area contributed by atoms with Crippen LogP contribution in [0.15, 0.2) is 96.3 Å². The minimum Gasteiger partial charge on any atom is -0.488 e. The monoisotopic (exact) mass is 674 g/mol. The topological polar surface area (TPSA) is 124 Å². The Labute approximate surface area is 284 Å². The van der Waals surface area contributed by atoms with Gasteiger partial charge < -0.3 is 9.47 Å². The molecule has 0 N–H and O–H groups in total. The molecule has 0 aliphatic heterocycles. The third-order valence-electron chi connectivity index (χ3n) is 7.77. The van der Waals surface area contributed by atoms with Crippen molar-refractivity contribution in [2.45, 2.75) is 20.1 Å². The molecule has 0 fully saturated rings. The Bertz CT molecular complexity index is 2330. The standard InChI is InChI=1S/C37H24Cl2N4O5/c1-22-29(25-8-9-43-35(12-25)42-17-28(19-45)37(43)46)5-3-6-30(22)31-7-2-4-26(36(31)39)21-48-34-13-33(27(18-44)11-32(34)38)47-20-24-10-23(14-40)15-41-16-24/h2-13,15-19H,20-21H2,1H3. The number of carbonyl (C=O) groups is 2. The summed E-state index contributed by atoms with van der Waals surface area (Å²) in [4.78, 5) is 43.8. The third kappa shape index (κ3) is 6.40. The maximum atomic E-state index is 12.5. The molecule has 0 amide bonds. The molecule has 0 saturated heterocycles. The van der Waals surface area contributed by atoms with E-state index in [-0.39, 0.29) is 35.1 Å². The van der Waals surface area contributed by atoms with E-state index in [1.807, 2.05) is 49.4 Å². The Morgan fingerprint density at radius 1 is 0.854 bits per heavy atom. The van der Waals surface area contributed by atoms with Gasteiger partial charge >= 0.3 is 0 Å². The van der Waals surface area contributed by atoms with Crippen molar-refractivity contribution >= 4 is 41.4 Å².